The van der Waals surface area contributed by atoms with E-state index in [1.54, 1.807) is 18.2 Å². The third-order valence-electron chi connectivity index (χ3n) is 6.11. The number of halogens is 1. The van der Waals surface area contributed by atoms with Crippen LogP contribution < -0.4 is 5.32 Å². The number of aromatic nitrogens is 2. The lowest BCUT2D eigenvalue weighted by atomic mass is 9.90. The number of hydrogen-bond acceptors (Lipinski definition) is 3. The SMILES string of the molecule is CCC(C(=O)N1CCC(c2cc(C(=O)Nc3ccccc3F)n[nH]2)CC1)c1ccccc1. The van der Waals surface area contributed by atoms with Gasteiger partial charge in [0.15, 0.2) is 5.69 Å². The summed E-state index contributed by atoms with van der Waals surface area (Å²) >= 11 is 0. The van der Waals surface area contributed by atoms with Gasteiger partial charge < -0.3 is 10.2 Å². The fourth-order valence-corrected chi connectivity index (χ4v) is 4.28. The molecule has 4 rings (SSSR count). The van der Waals surface area contributed by atoms with Gasteiger partial charge in [0.1, 0.15) is 5.82 Å². The molecule has 2 N–H and O–H groups in total. The van der Waals surface area contributed by atoms with Crippen LogP contribution in [0.2, 0.25) is 0 Å². The number of anilines is 1. The Balaban J connectivity index is 1.36. The summed E-state index contributed by atoms with van der Waals surface area (Å²) in [6.45, 7) is 3.38. The minimum absolute atomic E-state index is 0.117. The van der Waals surface area contributed by atoms with E-state index in [4.69, 9.17) is 0 Å². The van der Waals surface area contributed by atoms with Crippen LogP contribution in [-0.4, -0.2) is 40.0 Å². The van der Waals surface area contributed by atoms with Crippen LogP contribution in [0, 0.1) is 5.82 Å². The Morgan fingerprint density at radius 2 is 1.81 bits per heavy atom. The van der Waals surface area contributed by atoms with Crippen molar-refractivity contribution in [1.82, 2.24) is 15.1 Å². The number of para-hydroxylation sites is 1. The number of nitrogens with zero attached hydrogens (tertiary/aromatic N) is 2. The third kappa shape index (κ3) is 4.72. The van der Waals surface area contributed by atoms with E-state index < -0.39 is 11.7 Å². The largest absolute Gasteiger partial charge is 0.342 e. The van der Waals surface area contributed by atoms with E-state index in [0.717, 1.165) is 30.5 Å². The van der Waals surface area contributed by atoms with Crippen LogP contribution in [0.1, 0.15) is 59.8 Å². The number of likely N-dealkylation sites (tertiary alicyclic amines) is 1. The van der Waals surface area contributed by atoms with Crippen LogP contribution in [0.3, 0.4) is 0 Å². The smallest absolute Gasteiger partial charge is 0.276 e. The van der Waals surface area contributed by atoms with Crippen molar-refractivity contribution in [3.8, 4) is 0 Å². The number of carbonyl (C=O) groups is 2. The molecule has 1 saturated heterocycles. The van der Waals surface area contributed by atoms with E-state index in [1.165, 1.54) is 12.1 Å². The lowest BCUT2D eigenvalue weighted by molar-refractivity contribution is -0.134. The van der Waals surface area contributed by atoms with Crippen molar-refractivity contribution in [2.24, 2.45) is 0 Å². The number of carbonyl (C=O) groups excluding carboxylic acids is 2. The predicted octanol–water partition coefficient (Wildman–Crippen LogP) is 4.70. The Morgan fingerprint density at radius 1 is 1.12 bits per heavy atom. The molecule has 0 bridgehead atoms. The fraction of sp³-hybridized carbons (Fsp3) is 0.320. The zero-order valence-electron chi connectivity index (χ0n) is 18.1. The van der Waals surface area contributed by atoms with Crippen molar-refractivity contribution in [2.45, 2.75) is 38.0 Å². The van der Waals surface area contributed by atoms with E-state index >= 15 is 0 Å². The first-order valence-corrected chi connectivity index (χ1v) is 11.0. The standard InChI is InChI=1S/C25H27FN4O2/c1-2-19(17-8-4-3-5-9-17)25(32)30-14-12-18(13-15-30)22-16-23(29-28-22)24(31)27-21-11-7-6-10-20(21)26/h3-11,16,18-19H,2,12-15H2,1H3,(H,27,31)(H,28,29). The average molecular weight is 435 g/mol. The molecule has 1 aliphatic heterocycles. The third-order valence-corrected chi connectivity index (χ3v) is 6.11. The molecule has 166 valence electrons. The number of piperidine rings is 1. The Labute approximate surface area is 186 Å². The number of rotatable bonds is 6. The van der Waals surface area contributed by atoms with Crippen LogP contribution in [0.25, 0.3) is 0 Å². The molecule has 3 aromatic rings. The topological polar surface area (TPSA) is 78.1 Å². The van der Waals surface area contributed by atoms with E-state index in [-0.39, 0.29) is 29.1 Å². The van der Waals surface area contributed by atoms with Crippen LogP contribution in [0.5, 0.6) is 0 Å². The summed E-state index contributed by atoms with van der Waals surface area (Å²) in [5.74, 6) is -0.702. The highest BCUT2D eigenvalue weighted by atomic mass is 19.1. The summed E-state index contributed by atoms with van der Waals surface area (Å²) in [6.07, 6.45) is 2.37. The van der Waals surface area contributed by atoms with Gasteiger partial charge in [-0.15, -0.1) is 0 Å². The molecule has 1 unspecified atom stereocenters. The van der Waals surface area contributed by atoms with Gasteiger partial charge in [-0.1, -0.05) is 49.4 Å². The molecule has 1 aromatic heterocycles. The highest BCUT2D eigenvalue weighted by Gasteiger charge is 2.29. The van der Waals surface area contributed by atoms with Crippen LogP contribution in [0.15, 0.2) is 60.7 Å². The zero-order chi connectivity index (χ0) is 22.5. The van der Waals surface area contributed by atoms with Gasteiger partial charge in [0.25, 0.3) is 5.91 Å². The molecule has 7 heteroatoms. The first-order valence-electron chi connectivity index (χ1n) is 11.0. The van der Waals surface area contributed by atoms with Gasteiger partial charge >= 0.3 is 0 Å². The van der Waals surface area contributed by atoms with E-state index in [0.29, 0.717) is 13.1 Å². The van der Waals surface area contributed by atoms with Crippen molar-refractivity contribution in [1.29, 1.82) is 0 Å². The number of benzene rings is 2. The molecule has 1 fully saturated rings. The minimum Gasteiger partial charge on any atom is -0.342 e. The molecule has 2 aromatic carbocycles. The molecular weight excluding hydrogens is 407 g/mol. The van der Waals surface area contributed by atoms with Gasteiger partial charge in [-0.2, -0.15) is 5.10 Å². The second-order valence-corrected chi connectivity index (χ2v) is 8.11. The van der Waals surface area contributed by atoms with Crippen molar-refractivity contribution in [2.75, 3.05) is 18.4 Å². The second-order valence-electron chi connectivity index (χ2n) is 8.11. The summed E-state index contributed by atoms with van der Waals surface area (Å²) in [5.41, 5.74) is 2.27. The lowest BCUT2D eigenvalue weighted by Crippen LogP contribution is -2.40. The predicted molar refractivity (Wildman–Crippen MR) is 121 cm³/mol. The van der Waals surface area contributed by atoms with Crippen molar-refractivity contribution >= 4 is 17.5 Å². The molecule has 0 aliphatic carbocycles. The molecule has 6 nitrogen and oxygen atoms in total. The number of H-pyrrole nitrogens is 1. The number of nitrogens with one attached hydrogen (secondary N) is 2. The fourth-order valence-electron chi connectivity index (χ4n) is 4.28. The van der Waals surface area contributed by atoms with Crippen molar-refractivity contribution in [3.05, 3.63) is 83.4 Å². The van der Waals surface area contributed by atoms with Crippen LogP contribution >= 0.6 is 0 Å². The second kappa shape index (κ2) is 9.77. The maximum Gasteiger partial charge on any atom is 0.276 e. The summed E-state index contributed by atoms with van der Waals surface area (Å²) in [7, 11) is 0. The van der Waals surface area contributed by atoms with Gasteiger partial charge in [-0.3, -0.25) is 14.7 Å². The quantitative estimate of drug-likeness (QED) is 0.590. The van der Waals surface area contributed by atoms with E-state index in [9.17, 15) is 14.0 Å². The maximum atomic E-state index is 13.8. The summed E-state index contributed by atoms with van der Waals surface area (Å²) in [6, 6.07) is 17.7. The van der Waals surface area contributed by atoms with Crippen LogP contribution in [0.4, 0.5) is 10.1 Å². The summed E-state index contributed by atoms with van der Waals surface area (Å²) in [4.78, 5) is 27.5. The van der Waals surface area contributed by atoms with E-state index in [1.807, 2.05) is 42.2 Å². The highest BCUT2D eigenvalue weighted by Crippen LogP contribution is 2.30. The molecule has 32 heavy (non-hydrogen) atoms. The zero-order valence-corrected chi connectivity index (χ0v) is 18.1. The first kappa shape index (κ1) is 21.7. The molecule has 2 heterocycles. The van der Waals surface area contributed by atoms with Crippen molar-refractivity contribution in [3.63, 3.8) is 0 Å². The molecule has 1 atom stereocenters. The molecule has 0 radical (unpaired) electrons. The minimum atomic E-state index is -0.491. The number of hydrogen-bond donors (Lipinski definition) is 2. The molecule has 0 spiro atoms. The van der Waals surface area contributed by atoms with Gasteiger partial charge in [0.2, 0.25) is 5.91 Å². The summed E-state index contributed by atoms with van der Waals surface area (Å²) < 4.78 is 13.8. The normalized spacial score (nSPS) is 15.4. The van der Waals surface area contributed by atoms with E-state index in [2.05, 4.69) is 15.5 Å². The highest BCUT2D eigenvalue weighted by molar-refractivity contribution is 6.03. The Bertz CT molecular complexity index is 1070. The van der Waals surface area contributed by atoms with Gasteiger partial charge in [0.05, 0.1) is 11.6 Å². The maximum absolute atomic E-state index is 13.8. The summed E-state index contributed by atoms with van der Waals surface area (Å²) in [5, 5.41) is 9.61. The molecule has 1 aliphatic rings. The number of amides is 2. The number of aromatic amines is 1. The lowest BCUT2D eigenvalue weighted by Gasteiger charge is -2.34. The average Bonchev–Trinajstić information content (AvgIpc) is 3.32. The molecule has 0 saturated carbocycles. The molecule has 2 amide bonds. The van der Waals surface area contributed by atoms with Crippen molar-refractivity contribution < 1.29 is 14.0 Å². The monoisotopic (exact) mass is 434 g/mol. The first-order chi connectivity index (χ1) is 15.6. The Hall–Kier alpha value is -3.48. The Morgan fingerprint density at radius 3 is 2.50 bits per heavy atom. The van der Waals surface area contributed by atoms with Gasteiger partial charge in [-0.05, 0) is 43.0 Å². The van der Waals surface area contributed by atoms with Gasteiger partial charge in [-0.25, -0.2) is 4.39 Å². The van der Waals surface area contributed by atoms with Crippen LogP contribution in [-0.2, 0) is 4.79 Å². The van der Waals surface area contributed by atoms with Gasteiger partial charge in [0, 0.05) is 24.7 Å². The molecular formula is C25H27FN4O2. The Kier molecular flexibility index (Phi) is 6.63.